The van der Waals surface area contributed by atoms with Crippen molar-refractivity contribution in [3.8, 4) is 0 Å². The third-order valence-corrected chi connectivity index (χ3v) is 6.09. The van der Waals surface area contributed by atoms with Crippen molar-refractivity contribution in [3.63, 3.8) is 0 Å². The number of nitrogens with one attached hydrogen (secondary N) is 1. The molecule has 0 spiro atoms. The lowest BCUT2D eigenvalue weighted by molar-refractivity contribution is 0.0379. The molecule has 1 aliphatic carbocycles. The lowest BCUT2D eigenvalue weighted by Crippen LogP contribution is -2.22. The van der Waals surface area contributed by atoms with Gasteiger partial charge in [0, 0.05) is 12.0 Å². The molecule has 0 radical (unpaired) electrons. The van der Waals surface area contributed by atoms with Crippen molar-refractivity contribution in [1.29, 1.82) is 0 Å². The van der Waals surface area contributed by atoms with E-state index in [1.54, 1.807) is 13.1 Å². The molecule has 27 heavy (non-hydrogen) atoms. The van der Waals surface area contributed by atoms with Crippen LogP contribution in [0.25, 0.3) is 5.65 Å². The summed E-state index contributed by atoms with van der Waals surface area (Å²) in [5.74, 6) is 0.528. The highest BCUT2D eigenvalue weighted by Gasteiger charge is 2.47. The highest BCUT2D eigenvalue weighted by molar-refractivity contribution is 7.53. The van der Waals surface area contributed by atoms with Gasteiger partial charge >= 0.3 is 13.3 Å². The maximum atomic E-state index is 13.0. The van der Waals surface area contributed by atoms with Crippen LogP contribution in [0.1, 0.15) is 51.9 Å². The van der Waals surface area contributed by atoms with E-state index in [9.17, 15) is 9.36 Å². The maximum Gasteiger partial charge on any atom is 0.356 e. The molecule has 10 heteroatoms. The Balaban J connectivity index is 1.74. The Hall–Kier alpha value is -1.54. The van der Waals surface area contributed by atoms with Gasteiger partial charge in [-0.15, -0.1) is 0 Å². The minimum Gasteiger partial charge on any atom is -0.362 e. The Kier molecular flexibility index (Phi) is 5.59. The standard InChI is InChI=1S/C17H27N4O5P/c1-11(2)25-27(23,26-12(3)4)10-24-17(6-7-17)8-14-9-18-21-15(14)19-13(5)20-16(21)22/h9,11-12H,6-8,10H2,1-5H3,(H,19,20,22). The van der Waals surface area contributed by atoms with E-state index in [-0.39, 0.29) is 24.2 Å². The third kappa shape index (κ3) is 4.85. The number of nitrogens with zero attached hydrogens (tertiary/aromatic N) is 3. The van der Waals surface area contributed by atoms with E-state index in [1.807, 2.05) is 27.7 Å². The van der Waals surface area contributed by atoms with Crippen molar-refractivity contribution < 1.29 is 18.3 Å². The van der Waals surface area contributed by atoms with Gasteiger partial charge in [0.05, 0.1) is 24.0 Å². The van der Waals surface area contributed by atoms with Crippen LogP contribution in [-0.2, 0) is 24.8 Å². The van der Waals surface area contributed by atoms with E-state index in [1.165, 1.54) is 4.52 Å². The maximum absolute atomic E-state index is 13.0. The van der Waals surface area contributed by atoms with Crippen molar-refractivity contribution >= 4 is 13.2 Å². The molecule has 2 aromatic rings. The summed E-state index contributed by atoms with van der Waals surface area (Å²) >= 11 is 0. The summed E-state index contributed by atoms with van der Waals surface area (Å²) in [7, 11) is -3.36. The zero-order chi connectivity index (χ0) is 19.8. The van der Waals surface area contributed by atoms with Crippen LogP contribution >= 0.6 is 7.60 Å². The number of aryl methyl sites for hydroxylation is 1. The molecule has 150 valence electrons. The second-order valence-corrected chi connectivity index (χ2v) is 9.49. The predicted molar refractivity (Wildman–Crippen MR) is 100 cm³/mol. The van der Waals surface area contributed by atoms with Crippen LogP contribution in [0.5, 0.6) is 0 Å². The number of hydrogen-bond acceptors (Lipinski definition) is 7. The fourth-order valence-electron chi connectivity index (χ4n) is 2.97. The highest BCUT2D eigenvalue weighted by Crippen LogP contribution is 2.54. The molecule has 1 N–H and O–H groups in total. The number of hydrogen-bond donors (Lipinski definition) is 1. The Bertz CT molecular complexity index is 902. The van der Waals surface area contributed by atoms with E-state index in [4.69, 9.17) is 13.8 Å². The molecule has 0 bridgehead atoms. The Morgan fingerprint density at radius 1 is 1.26 bits per heavy atom. The van der Waals surface area contributed by atoms with Gasteiger partial charge in [0.2, 0.25) is 0 Å². The van der Waals surface area contributed by atoms with Crippen LogP contribution in [0.15, 0.2) is 11.0 Å². The van der Waals surface area contributed by atoms with E-state index < -0.39 is 13.2 Å². The van der Waals surface area contributed by atoms with Crippen LogP contribution in [0, 0.1) is 6.92 Å². The quantitative estimate of drug-likeness (QED) is 0.647. The molecule has 1 saturated carbocycles. The van der Waals surface area contributed by atoms with Crippen LogP contribution in [0.4, 0.5) is 0 Å². The summed E-state index contributed by atoms with van der Waals surface area (Å²) in [5, 5.41) is 4.11. The average molecular weight is 398 g/mol. The number of aromatic amines is 1. The van der Waals surface area contributed by atoms with E-state index >= 15 is 0 Å². The molecule has 0 saturated heterocycles. The second kappa shape index (κ2) is 7.47. The first-order valence-electron chi connectivity index (χ1n) is 9.15. The first kappa shape index (κ1) is 20.2. The lowest BCUT2D eigenvalue weighted by Gasteiger charge is -2.25. The molecule has 2 heterocycles. The average Bonchev–Trinajstić information content (AvgIpc) is 3.18. The van der Waals surface area contributed by atoms with Gasteiger partial charge in [-0.3, -0.25) is 9.55 Å². The summed E-state index contributed by atoms with van der Waals surface area (Å²) in [6, 6.07) is 0. The molecule has 2 aromatic heterocycles. The van der Waals surface area contributed by atoms with Crippen molar-refractivity contribution in [1.82, 2.24) is 19.6 Å². The number of rotatable bonds is 9. The van der Waals surface area contributed by atoms with E-state index in [0.717, 1.165) is 18.4 Å². The Labute approximate surface area is 158 Å². The van der Waals surface area contributed by atoms with E-state index in [0.29, 0.717) is 17.9 Å². The van der Waals surface area contributed by atoms with Gasteiger partial charge in [-0.05, 0) is 47.5 Å². The SMILES string of the molecule is Cc1nc2c(CC3(OCP(=O)(OC(C)C)OC(C)C)CC3)cnn2c(=O)[nH]1. The summed E-state index contributed by atoms with van der Waals surface area (Å²) in [6.45, 7) is 8.98. The van der Waals surface area contributed by atoms with Gasteiger partial charge in [-0.25, -0.2) is 9.78 Å². The topological polar surface area (TPSA) is 108 Å². The minimum atomic E-state index is -3.36. The highest BCUT2D eigenvalue weighted by atomic mass is 31.2. The fourth-order valence-corrected chi connectivity index (χ4v) is 4.85. The third-order valence-electron chi connectivity index (χ3n) is 4.16. The molecule has 0 aliphatic heterocycles. The van der Waals surface area contributed by atoms with E-state index in [2.05, 4.69) is 15.1 Å². The zero-order valence-corrected chi connectivity index (χ0v) is 17.3. The first-order chi connectivity index (χ1) is 12.6. The molecule has 1 aliphatic rings. The lowest BCUT2D eigenvalue weighted by atomic mass is 10.1. The van der Waals surface area contributed by atoms with Gasteiger partial charge in [-0.1, -0.05) is 0 Å². The number of fused-ring (bicyclic) bond motifs is 1. The van der Waals surface area contributed by atoms with Crippen molar-refractivity contribution in [3.05, 3.63) is 28.1 Å². The van der Waals surface area contributed by atoms with Gasteiger partial charge in [0.1, 0.15) is 12.2 Å². The summed E-state index contributed by atoms with van der Waals surface area (Å²) in [6.07, 6.45) is 3.27. The summed E-state index contributed by atoms with van der Waals surface area (Å²) in [4.78, 5) is 19.0. The summed E-state index contributed by atoms with van der Waals surface area (Å²) in [5.41, 5.74) is 0.574. The molecule has 0 amide bonds. The molecule has 0 atom stereocenters. The first-order valence-corrected chi connectivity index (χ1v) is 10.9. The zero-order valence-electron chi connectivity index (χ0n) is 16.4. The Morgan fingerprint density at radius 3 is 2.44 bits per heavy atom. The van der Waals surface area contributed by atoms with Crippen molar-refractivity contribution in [2.45, 2.75) is 71.7 Å². The largest absolute Gasteiger partial charge is 0.362 e. The van der Waals surface area contributed by atoms with Crippen LogP contribution in [0.3, 0.4) is 0 Å². The number of H-pyrrole nitrogens is 1. The monoisotopic (exact) mass is 398 g/mol. The van der Waals surface area contributed by atoms with Gasteiger partial charge < -0.3 is 13.8 Å². The molecule has 3 rings (SSSR count). The molecule has 9 nitrogen and oxygen atoms in total. The van der Waals surface area contributed by atoms with Crippen molar-refractivity contribution in [2.75, 3.05) is 6.35 Å². The fraction of sp³-hybridized carbons (Fsp3) is 0.706. The second-order valence-electron chi connectivity index (χ2n) is 7.59. The molecular formula is C17H27N4O5P. The minimum absolute atomic E-state index is 0.102. The van der Waals surface area contributed by atoms with Crippen LogP contribution in [0.2, 0.25) is 0 Å². The van der Waals surface area contributed by atoms with Crippen LogP contribution < -0.4 is 5.69 Å². The normalized spacial score (nSPS) is 16.6. The number of ether oxygens (including phenoxy) is 1. The Morgan fingerprint density at radius 2 is 1.89 bits per heavy atom. The number of aromatic nitrogens is 4. The van der Waals surface area contributed by atoms with Gasteiger partial charge in [-0.2, -0.15) is 9.61 Å². The smallest absolute Gasteiger partial charge is 0.356 e. The van der Waals surface area contributed by atoms with Gasteiger partial charge in [0.15, 0.2) is 5.65 Å². The van der Waals surface area contributed by atoms with Gasteiger partial charge in [0.25, 0.3) is 0 Å². The molecular weight excluding hydrogens is 371 g/mol. The molecule has 1 fully saturated rings. The molecule has 0 unspecified atom stereocenters. The van der Waals surface area contributed by atoms with Crippen molar-refractivity contribution in [2.24, 2.45) is 0 Å². The summed E-state index contributed by atoms with van der Waals surface area (Å²) < 4.78 is 31.3. The predicted octanol–water partition coefficient (Wildman–Crippen LogP) is 2.82. The molecule has 0 aromatic carbocycles. The van der Waals surface area contributed by atoms with Crippen LogP contribution in [-0.4, -0.2) is 43.7 Å².